The molecule has 1 aromatic heterocycles. The first-order valence-electron chi connectivity index (χ1n) is 7.90. The van der Waals surface area contributed by atoms with Crippen molar-refractivity contribution < 1.29 is 0 Å². The fourth-order valence-corrected chi connectivity index (χ4v) is 4.48. The van der Waals surface area contributed by atoms with Gasteiger partial charge in [-0.1, -0.05) is 19.8 Å². The Labute approximate surface area is 126 Å². The monoisotopic (exact) mass is 291 g/mol. The van der Waals surface area contributed by atoms with E-state index in [-0.39, 0.29) is 0 Å². The normalized spacial score (nSPS) is 26.6. The van der Waals surface area contributed by atoms with Gasteiger partial charge in [-0.25, -0.2) is 9.97 Å². The SMILES string of the molecule is CNc1nc(C2CC2)nc(SC2CCCC(C)C2)c1C. The second-order valence-electron chi connectivity index (χ2n) is 6.40. The average molecular weight is 291 g/mol. The lowest BCUT2D eigenvalue weighted by atomic mass is 9.91. The molecule has 2 atom stereocenters. The highest BCUT2D eigenvalue weighted by Gasteiger charge is 2.29. The minimum atomic E-state index is 0.618. The zero-order valence-corrected chi connectivity index (χ0v) is 13.6. The number of aromatic nitrogens is 2. The van der Waals surface area contributed by atoms with Crippen molar-refractivity contribution in [3.8, 4) is 0 Å². The highest BCUT2D eigenvalue weighted by molar-refractivity contribution is 7.99. The third-order valence-electron chi connectivity index (χ3n) is 4.46. The smallest absolute Gasteiger partial charge is 0.135 e. The predicted molar refractivity (Wildman–Crippen MR) is 85.6 cm³/mol. The van der Waals surface area contributed by atoms with Gasteiger partial charge in [-0.15, -0.1) is 11.8 Å². The lowest BCUT2D eigenvalue weighted by Gasteiger charge is -2.26. The van der Waals surface area contributed by atoms with E-state index >= 15 is 0 Å². The Balaban J connectivity index is 1.81. The van der Waals surface area contributed by atoms with Crippen LogP contribution < -0.4 is 5.32 Å². The standard InChI is InChI=1S/C16H25N3S/c1-10-5-4-6-13(9-10)20-16-11(2)14(17-3)18-15(19-16)12-7-8-12/h10,12-13H,4-9H2,1-3H3,(H,17,18,19). The van der Waals surface area contributed by atoms with Gasteiger partial charge in [0, 0.05) is 23.8 Å². The molecule has 0 aliphatic heterocycles. The molecule has 2 fully saturated rings. The number of anilines is 1. The van der Waals surface area contributed by atoms with E-state index in [9.17, 15) is 0 Å². The molecule has 3 rings (SSSR count). The van der Waals surface area contributed by atoms with Crippen molar-refractivity contribution in [2.24, 2.45) is 5.92 Å². The minimum absolute atomic E-state index is 0.618. The summed E-state index contributed by atoms with van der Waals surface area (Å²) in [5.41, 5.74) is 1.22. The molecule has 0 bridgehead atoms. The number of hydrogen-bond donors (Lipinski definition) is 1. The molecule has 0 radical (unpaired) electrons. The zero-order valence-electron chi connectivity index (χ0n) is 12.8. The van der Waals surface area contributed by atoms with E-state index in [0.29, 0.717) is 5.92 Å². The number of nitrogens with one attached hydrogen (secondary N) is 1. The van der Waals surface area contributed by atoms with Gasteiger partial charge >= 0.3 is 0 Å². The first-order valence-corrected chi connectivity index (χ1v) is 8.78. The zero-order chi connectivity index (χ0) is 14.1. The molecule has 0 amide bonds. The summed E-state index contributed by atoms with van der Waals surface area (Å²) in [6.45, 7) is 4.53. The molecule has 0 saturated heterocycles. The Kier molecular flexibility index (Phi) is 4.20. The quantitative estimate of drug-likeness (QED) is 0.836. The molecular weight excluding hydrogens is 266 g/mol. The molecule has 0 aromatic carbocycles. The van der Waals surface area contributed by atoms with Gasteiger partial charge < -0.3 is 5.32 Å². The first kappa shape index (κ1) is 14.2. The molecule has 110 valence electrons. The number of nitrogens with zero attached hydrogens (tertiary/aromatic N) is 2. The van der Waals surface area contributed by atoms with Gasteiger partial charge in [0.05, 0.1) is 0 Å². The third-order valence-corrected chi connectivity index (χ3v) is 5.85. The van der Waals surface area contributed by atoms with Crippen molar-refractivity contribution in [3.63, 3.8) is 0 Å². The van der Waals surface area contributed by atoms with Crippen LogP contribution in [0.5, 0.6) is 0 Å². The Bertz CT molecular complexity index is 485. The van der Waals surface area contributed by atoms with Crippen LogP contribution in [-0.2, 0) is 0 Å². The molecule has 4 heteroatoms. The molecule has 0 spiro atoms. The maximum absolute atomic E-state index is 4.87. The highest BCUT2D eigenvalue weighted by atomic mass is 32.2. The van der Waals surface area contributed by atoms with Gasteiger partial charge in [-0.2, -0.15) is 0 Å². The lowest BCUT2D eigenvalue weighted by molar-refractivity contribution is 0.394. The van der Waals surface area contributed by atoms with Crippen LogP contribution >= 0.6 is 11.8 Å². The fraction of sp³-hybridized carbons (Fsp3) is 0.750. The van der Waals surface area contributed by atoms with Crippen LogP contribution in [0.15, 0.2) is 5.03 Å². The fourth-order valence-electron chi connectivity index (χ4n) is 3.04. The second-order valence-corrected chi connectivity index (χ2v) is 7.69. The highest BCUT2D eigenvalue weighted by Crippen LogP contribution is 2.42. The molecule has 2 aliphatic rings. The van der Waals surface area contributed by atoms with E-state index in [1.165, 1.54) is 49.1 Å². The molecule has 1 N–H and O–H groups in total. The Morgan fingerprint density at radius 3 is 2.60 bits per heavy atom. The summed E-state index contributed by atoms with van der Waals surface area (Å²) >= 11 is 1.99. The third kappa shape index (κ3) is 3.11. The summed E-state index contributed by atoms with van der Waals surface area (Å²) in [6, 6.07) is 0. The van der Waals surface area contributed by atoms with Crippen LogP contribution in [-0.4, -0.2) is 22.3 Å². The first-order chi connectivity index (χ1) is 9.67. The van der Waals surface area contributed by atoms with E-state index in [1.807, 2.05) is 18.8 Å². The van der Waals surface area contributed by atoms with E-state index in [4.69, 9.17) is 4.98 Å². The van der Waals surface area contributed by atoms with Gasteiger partial charge in [0.25, 0.3) is 0 Å². The number of rotatable bonds is 4. The van der Waals surface area contributed by atoms with Gasteiger partial charge in [-0.3, -0.25) is 0 Å². The molecule has 20 heavy (non-hydrogen) atoms. The topological polar surface area (TPSA) is 37.8 Å². The summed E-state index contributed by atoms with van der Waals surface area (Å²) in [7, 11) is 1.96. The molecule has 3 nitrogen and oxygen atoms in total. The van der Waals surface area contributed by atoms with Gasteiger partial charge in [0.2, 0.25) is 0 Å². The minimum Gasteiger partial charge on any atom is -0.373 e. The van der Waals surface area contributed by atoms with Crippen molar-refractivity contribution in [1.29, 1.82) is 0 Å². The molecule has 1 heterocycles. The Morgan fingerprint density at radius 2 is 1.95 bits per heavy atom. The summed E-state index contributed by atoms with van der Waals surface area (Å²) in [6.07, 6.45) is 7.97. The molecule has 2 saturated carbocycles. The second kappa shape index (κ2) is 5.92. The van der Waals surface area contributed by atoms with Gasteiger partial charge in [-0.05, 0) is 38.5 Å². The molecular formula is C16H25N3S. The van der Waals surface area contributed by atoms with Crippen molar-refractivity contribution in [1.82, 2.24) is 9.97 Å². The van der Waals surface area contributed by atoms with Crippen LogP contribution in [0.25, 0.3) is 0 Å². The van der Waals surface area contributed by atoms with Crippen molar-refractivity contribution in [2.75, 3.05) is 12.4 Å². The summed E-state index contributed by atoms with van der Waals surface area (Å²) in [5.74, 6) is 3.57. The maximum atomic E-state index is 4.87. The summed E-state index contributed by atoms with van der Waals surface area (Å²) < 4.78 is 0. The number of hydrogen-bond acceptors (Lipinski definition) is 4. The van der Waals surface area contributed by atoms with Crippen molar-refractivity contribution in [2.45, 2.75) is 68.6 Å². The van der Waals surface area contributed by atoms with Crippen LogP contribution in [0.1, 0.15) is 62.8 Å². The van der Waals surface area contributed by atoms with E-state index in [2.05, 4.69) is 24.1 Å². The van der Waals surface area contributed by atoms with E-state index < -0.39 is 0 Å². The van der Waals surface area contributed by atoms with Crippen molar-refractivity contribution in [3.05, 3.63) is 11.4 Å². The van der Waals surface area contributed by atoms with E-state index in [0.717, 1.165) is 22.8 Å². The van der Waals surface area contributed by atoms with Crippen molar-refractivity contribution >= 4 is 17.6 Å². The van der Waals surface area contributed by atoms with E-state index in [1.54, 1.807) is 0 Å². The molecule has 2 unspecified atom stereocenters. The predicted octanol–water partition coefficient (Wildman–Crippen LogP) is 4.37. The van der Waals surface area contributed by atoms with Crippen LogP contribution in [0.4, 0.5) is 5.82 Å². The Hall–Kier alpha value is -0.770. The molecule has 2 aliphatic carbocycles. The number of thioether (sulfide) groups is 1. The maximum Gasteiger partial charge on any atom is 0.135 e. The van der Waals surface area contributed by atoms with Gasteiger partial charge in [0.1, 0.15) is 16.7 Å². The average Bonchev–Trinajstić information content (AvgIpc) is 3.25. The molecule has 1 aromatic rings. The van der Waals surface area contributed by atoms with Crippen LogP contribution in [0.2, 0.25) is 0 Å². The largest absolute Gasteiger partial charge is 0.373 e. The summed E-state index contributed by atoms with van der Waals surface area (Å²) in [5, 5.41) is 5.19. The van der Waals surface area contributed by atoms with Gasteiger partial charge in [0.15, 0.2) is 0 Å². The van der Waals surface area contributed by atoms with Crippen LogP contribution in [0.3, 0.4) is 0 Å². The lowest BCUT2D eigenvalue weighted by Crippen LogP contribution is -2.16. The summed E-state index contributed by atoms with van der Waals surface area (Å²) in [4.78, 5) is 9.56. The van der Waals surface area contributed by atoms with Crippen LogP contribution in [0, 0.1) is 12.8 Å². The Morgan fingerprint density at radius 1 is 1.15 bits per heavy atom.